The minimum Gasteiger partial charge on any atom is -0.466 e. The number of hydrogen-bond donors (Lipinski definition) is 0. The van der Waals surface area contributed by atoms with Crippen LogP contribution in [0.25, 0.3) is 0 Å². The average molecular weight is 224 g/mol. The topological polar surface area (TPSA) is 62.7 Å². The average Bonchev–Trinajstić information content (AvgIpc) is 2.30. The molecular formula is C10H12N2O4. The maximum atomic E-state index is 5.11. The molecule has 0 saturated carbocycles. The highest BCUT2D eigenvalue weighted by atomic mass is 16.7. The second-order valence-corrected chi connectivity index (χ2v) is 2.39. The molecule has 0 amide bonds. The Kier molecular flexibility index (Phi) is 5.25. The lowest BCUT2D eigenvalue weighted by Gasteiger charge is -2.06. The van der Waals surface area contributed by atoms with Crippen LogP contribution in [0.1, 0.15) is 0 Å². The van der Waals surface area contributed by atoms with E-state index < -0.39 is 0 Å². The zero-order valence-corrected chi connectivity index (χ0v) is 8.67. The smallest absolute Gasteiger partial charge is 0.231 e. The predicted octanol–water partition coefficient (Wildman–Crippen LogP) is 1.47. The van der Waals surface area contributed by atoms with E-state index in [1.807, 2.05) is 0 Å². The van der Waals surface area contributed by atoms with E-state index in [1.54, 1.807) is 0 Å². The van der Waals surface area contributed by atoms with Gasteiger partial charge in [0.05, 0.1) is 18.6 Å². The van der Waals surface area contributed by atoms with Crippen LogP contribution in [0.4, 0.5) is 0 Å². The molecule has 6 heteroatoms. The summed E-state index contributed by atoms with van der Waals surface area (Å²) in [6.07, 6.45) is 3.86. The monoisotopic (exact) mass is 224 g/mol. The minimum absolute atomic E-state index is 0.0309. The van der Waals surface area contributed by atoms with Crippen LogP contribution in [0, 0.1) is 0 Å². The minimum atomic E-state index is 0.0309. The zero-order valence-electron chi connectivity index (χ0n) is 8.67. The Bertz CT molecular complexity index is 314. The van der Waals surface area contributed by atoms with Gasteiger partial charge in [-0.05, 0) is 0 Å². The molecule has 0 N–H and O–H groups in total. The predicted molar refractivity (Wildman–Crippen MR) is 55.6 cm³/mol. The molecule has 0 unspecified atom stereocenters. The summed E-state index contributed by atoms with van der Waals surface area (Å²) in [5, 5.41) is 0. The summed E-state index contributed by atoms with van der Waals surface area (Å²) >= 11 is 0. The largest absolute Gasteiger partial charge is 0.466 e. The first-order chi connectivity index (χ1) is 7.86. The van der Waals surface area contributed by atoms with Crippen molar-refractivity contribution in [3.8, 4) is 11.8 Å². The van der Waals surface area contributed by atoms with Crippen LogP contribution in [0.3, 0.4) is 0 Å². The van der Waals surface area contributed by atoms with Gasteiger partial charge >= 0.3 is 0 Å². The number of hydrogen-bond acceptors (Lipinski definition) is 6. The molecular weight excluding hydrogens is 212 g/mol. The Morgan fingerprint density at radius 2 is 1.50 bits per heavy atom. The van der Waals surface area contributed by atoms with Crippen molar-refractivity contribution in [3.63, 3.8) is 0 Å². The third-order valence-electron chi connectivity index (χ3n) is 1.40. The van der Waals surface area contributed by atoms with Crippen molar-refractivity contribution in [1.29, 1.82) is 0 Å². The molecule has 0 atom stereocenters. The van der Waals surface area contributed by atoms with Gasteiger partial charge in [-0.3, -0.25) is 0 Å². The molecule has 1 aromatic heterocycles. The molecule has 0 radical (unpaired) electrons. The number of rotatable bonds is 8. The van der Waals surface area contributed by atoms with Crippen molar-refractivity contribution >= 4 is 0 Å². The summed E-state index contributed by atoms with van der Waals surface area (Å²) in [6, 6.07) is 1.51. The van der Waals surface area contributed by atoms with Crippen molar-refractivity contribution < 1.29 is 18.9 Å². The van der Waals surface area contributed by atoms with E-state index in [9.17, 15) is 0 Å². The lowest BCUT2D eigenvalue weighted by atomic mass is 10.6. The van der Waals surface area contributed by atoms with Crippen molar-refractivity contribution in [1.82, 2.24) is 9.97 Å². The molecule has 1 rings (SSSR count). The Balaban J connectivity index is 2.43. The summed E-state index contributed by atoms with van der Waals surface area (Å²) in [7, 11) is 0. The molecule has 0 bridgehead atoms. The van der Waals surface area contributed by atoms with E-state index in [4.69, 9.17) is 18.9 Å². The standard InChI is InChI=1S/C10H12N2O4/c1-3-13-7-15-9-5-10(12-6-11-9)16-8-14-4-2/h3-6H,1-2,7-8H2. The highest BCUT2D eigenvalue weighted by molar-refractivity contribution is 5.17. The van der Waals surface area contributed by atoms with Crippen LogP contribution in [0.5, 0.6) is 11.8 Å². The van der Waals surface area contributed by atoms with Crippen LogP contribution in [-0.4, -0.2) is 23.6 Å². The Labute approximate surface area is 93.1 Å². The molecule has 0 fully saturated rings. The lowest BCUT2D eigenvalue weighted by Crippen LogP contribution is -2.03. The molecule has 0 aliphatic heterocycles. The van der Waals surface area contributed by atoms with Gasteiger partial charge in [0, 0.05) is 0 Å². The zero-order chi connectivity index (χ0) is 11.6. The van der Waals surface area contributed by atoms with Crippen LogP contribution < -0.4 is 9.47 Å². The Morgan fingerprint density at radius 1 is 1.00 bits per heavy atom. The fourth-order valence-corrected chi connectivity index (χ4v) is 0.766. The number of aromatic nitrogens is 2. The number of ether oxygens (including phenoxy) is 4. The van der Waals surface area contributed by atoms with Crippen molar-refractivity contribution in [2.75, 3.05) is 13.6 Å². The highest BCUT2D eigenvalue weighted by Gasteiger charge is 2.00. The molecule has 0 spiro atoms. The van der Waals surface area contributed by atoms with Crippen LogP contribution in [0.15, 0.2) is 38.1 Å². The van der Waals surface area contributed by atoms with Crippen LogP contribution in [0.2, 0.25) is 0 Å². The van der Waals surface area contributed by atoms with Gasteiger partial charge in [0.1, 0.15) is 6.33 Å². The van der Waals surface area contributed by atoms with E-state index >= 15 is 0 Å². The summed E-state index contributed by atoms with van der Waals surface area (Å²) < 4.78 is 19.8. The maximum Gasteiger partial charge on any atom is 0.231 e. The molecule has 1 aromatic rings. The second-order valence-electron chi connectivity index (χ2n) is 2.39. The summed E-state index contributed by atoms with van der Waals surface area (Å²) in [5.74, 6) is 0.677. The maximum absolute atomic E-state index is 5.11. The number of nitrogens with zero attached hydrogens (tertiary/aromatic N) is 2. The molecule has 86 valence electrons. The van der Waals surface area contributed by atoms with Crippen molar-refractivity contribution in [3.05, 3.63) is 38.1 Å². The fourth-order valence-electron chi connectivity index (χ4n) is 0.766. The molecule has 0 aliphatic carbocycles. The second kappa shape index (κ2) is 7.10. The van der Waals surface area contributed by atoms with Gasteiger partial charge in [-0.2, -0.15) is 0 Å². The van der Waals surface area contributed by atoms with E-state index in [0.29, 0.717) is 11.8 Å². The summed E-state index contributed by atoms with van der Waals surface area (Å²) in [4.78, 5) is 7.70. The SMILES string of the molecule is C=COCOc1cc(OCOC=C)ncn1. The molecule has 16 heavy (non-hydrogen) atoms. The van der Waals surface area contributed by atoms with Crippen LogP contribution in [-0.2, 0) is 9.47 Å². The van der Waals surface area contributed by atoms with Gasteiger partial charge in [-0.25, -0.2) is 9.97 Å². The van der Waals surface area contributed by atoms with Gasteiger partial charge in [-0.1, -0.05) is 13.2 Å². The van der Waals surface area contributed by atoms with Gasteiger partial charge in [0.25, 0.3) is 0 Å². The van der Waals surface area contributed by atoms with E-state index in [0.717, 1.165) is 0 Å². The molecule has 6 nitrogen and oxygen atoms in total. The van der Waals surface area contributed by atoms with E-state index in [2.05, 4.69) is 23.1 Å². The lowest BCUT2D eigenvalue weighted by molar-refractivity contribution is 0.0696. The summed E-state index contributed by atoms with van der Waals surface area (Å²) in [6.45, 7) is 6.81. The first kappa shape index (κ1) is 11.8. The Morgan fingerprint density at radius 3 is 1.94 bits per heavy atom. The molecule has 0 saturated heterocycles. The van der Waals surface area contributed by atoms with Crippen molar-refractivity contribution in [2.24, 2.45) is 0 Å². The van der Waals surface area contributed by atoms with Gasteiger partial charge in [-0.15, -0.1) is 0 Å². The quantitative estimate of drug-likeness (QED) is 0.378. The van der Waals surface area contributed by atoms with Gasteiger partial charge in [0.2, 0.25) is 25.3 Å². The van der Waals surface area contributed by atoms with Gasteiger partial charge in [0.15, 0.2) is 0 Å². The third-order valence-corrected chi connectivity index (χ3v) is 1.40. The highest BCUT2D eigenvalue weighted by Crippen LogP contribution is 2.12. The van der Waals surface area contributed by atoms with Crippen molar-refractivity contribution in [2.45, 2.75) is 0 Å². The first-order valence-electron chi connectivity index (χ1n) is 4.39. The third kappa shape index (κ3) is 4.32. The molecule has 1 heterocycles. The molecule has 0 aliphatic rings. The normalized spacial score (nSPS) is 9.00. The summed E-state index contributed by atoms with van der Waals surface area (Å²) in [5.41, 5.74) is 0. The fraction of sp³-hybridized carbons (Fsp3) is 0.200. The molecule has 0 aromatic carbocycles. The van der Waals surface area contributed by atoms with E-state index in [-0.39, 0.29) is 13.6 Å². The van der Waals surface area contributed by atoms with Crippen LogP contribution >= 0.6 is 0 Å². The first-order valence-corrected chi connectivity index (χ1v) is 4.39. The Hall–Kier alpha value is -2.24. The van der Waals surface area contributed by atoms with E-state index in [1.165, 1.54) is 24.9 Å². The van der Waals surface area contributed by atoms with Gasteiger partial charge < -0.3 is 18.9 Å².